The standard InChI is InChI=1S/C13H15N5O2S/c19-11(4-6-18-8-14-5-3-12(18)20)16-13-15-10(17-21-13)7-9-1-2-9/h3,5,8-9H,1-2,4,6-7H2,(H,15,16,17,19). The molecule has 0 unspecified atom stereocenters. The molecule has 1 N–H and O–H groups in total. The van der Waals surface area contributed by atoms with Crippen molar-refractivity contribution < 1.29 is 4.79 Å². The molecular weight excluding hydrogens is 290 g/mol. The number of amides is 1. The van der Waals surface area contributed by atoms with Crippen LogP contribution >= 0.6 is 11.5 Å². The van der Waals surface area contributed by atoms with Crippen LogP contribution in [0.15, 0.2) is 23.4 Å². The van der Waals surface area contributed by atoms with Crippen LogP contribution in [0.4, 0.5) is 5.13 Å². The summed E-state index contributed by atoms with van der Waals surface area (Å²) in [6.45, 7) is 0.298. The van der Waals surface area contributed by atoms with Crippen LogP contribution in [0.5, 0.6) is 0 Å². The van der Waals surface area contributed by atoms with E-state index < -0.39 is 0 Å². The van der Waals surface area contributed by atoms with Gasteiger partial charge in [0.1, 0.15) is 5.82 Å². The van der Waals surface area contributed by atoms with E-state index in [1.165, 1.54) is 47.5 Å². The number of nitrogens with zero attached hydrogens (tertiary/aromatic N) is 4. The molecule has 1 amide bonds. The van der Waals surface area contributed by atoms with Crippen molar-refractivity contribution >= 4 is 22.6 Å². The minimum atomic E-state index is -0.181. The summed E-state index contributed by atoms with van der Waals surface area (Å²) in [5.74, 6) is 1.35. The van der Waals surface area contributed by atoms with Gasteiger partial charge in [-0.05, 0) is 18.8 Å². The summed E-state index contributed by atoms with van der Waals surface area (Å²) in [5.41, 5.74) is -0.166. The first-order valence-electron chi connectivity index (χ1n) is 6.83. The van der Waals surface area contributed by atoms with E-state index in [9.17, 15) is 9.59 Å². The van der Waals surface area contributed by atoms with E-state index in [-0.39, 0.29) is 17.9 Å². The molecule has 21 heavy (non-hydrogen) atoms. The van der Waals surface area contributed by atoms with Crippen molar-refractivity contribution in [2.24, 2.45) is 5.92 Å². The van der Waals surface area contributed by atoms with Gasteiger partial charge in [-0.15, -0.1) is 0 Å². The smallest absolute Gasteiger partial charge is 0.253 e. The lowest BCUT2D eigenvalue weighted by atomic mass is 10.3. The first-order valence-corrected chi connectivity index (χ1v) is 7.61. The number of carbonyl (C=O) groups is 1. The zero-order valence-electron chi connectivity index (χ0n) is 11.4. The van der Waals surface area contributed by atoms with Gasteiger partial charge in [0.15, 0.2) is 0 Å². The molecule has 2 aromatic heterocycles. The Labute approximate surface area is 125 Å². The van der Waals surface area contributed by atoms with Crippen molar-refractivity contribution in [3.63, 3.8) is 0 Å². The highest BCUT2D eigenvalue weighted by molar-refractivity contribution is 7.09. The Morgan fingerprint density at radius 3 is 3.10 bits per heavy atom. The van der Waals surface area contributed by atoms with Gasteiger partial charge in [-0.2, -0.15) is 4.37 Å². The first kappa shape index (κ1) is 13.9. The molecule has 1 aliphatic rings. The van der Waals surface area contributed by atoms with Crippen molar-refractivity contribution in [2.75, 3.05) is 5.32 Å². The van der Waals surface area contributed by atoms with Crippen molar-refractivity contribution in [3.8, 4) is 0 Å². The number of hydrogen-bond donors (Lipinski definition) is 1. The third kappa shape index (κ3) is 3.94. The van der Waals surface area contributed by atoms with Crippen molar-refractivity contribution in [2.45, 2.75) is 32.2 Å². The number of aromatic nitrogens is 4. The third-order valence-corrected chi connectivity index (χ3v) is 3.92. The maximum Gasteiger partial charge on any atom is 0.253 e. The Bertz CT molecular complexity index is 692. The van der Waals surface area contributed by atoms with E-state index in [1.54, 1.807) is 0 Å². The van der Waals surface area contributed by atoms with Gasteiger partial charge in [-0.25, -0.2) is 9.97 Å². The predicted molar refractivity (Wildman–Crippen MR) is 78.1 cm³/mol. The van der Waals surface area contributed by atoms with Crippen LogP contribution in [0.1, 0.15) is 25.1 Å². The fraction of sp³-hybridized carbons (Fsp3) is 0.462. The SMILES string of the molecule is O=C(CCn1cnccc1=O)Nc1nc(CC2CC2)ns1. The number of aryl methyl sites for hydroxylation is 1. The topological polar surface area (TPSA) is 89.8 Å². The average Bonchev–Trinajstić information content (AvgIpc) is 3.17. The van der Waals surface area contributed by atoms with E-state index in [0.717, 1.165) is 18.2 Å². The predicted octanol–water partition coefficient (Wildman–Crippen LogP) is 1.08. The lowest BCUT2D eigenvalue weighted by Crippen LogP contribution is -2.22. The van der Waals surface area contributed by atoms with Crippen molar-refractivity contribution in [1.82, 2.24) is 18.9 Å². The van der Waals surface area contributed by atoms with Crippen LogP contribution in [0.25, 0.3) is 0 Å². The van der Waals surface area contributed by atoms with Crippen molar-refractivity contribution in [1.29, 1.82) is 0 Å². The maximum atomic E-state index is 11.8. The Hall–Kier alpha value is -2.09. The number of carbonyl (C=O) groups excluding carboxylic acids is 1. The van der Waals surface area contributed by atoms with Gasteiger partial charge < -0.3 is 5.32 Å². The van der Waals surface area contributed by atoms with Gasteiger partial charge in [0, 0.05) is 43.2 Å². The van der Waals surface area contributed by atoms with Gasteiger partial charge in [-0.3, -0.25) is 14.2 Å². The van der Waals surface area contributed by atoms with Gasteiger partial charge in [0.2, 0.25) is 11.0 Å². The summed E-state index contributed by atoms with van der Waals surface area (Å²) < 4.78 is 5.63. The first-order chi connectivity index (χ1) is 10.2. The molecule has 0 spiro atoms. The molecule has 0 aliphatic heterocycles. The molecule has 1 fully saturated rings. The van der Waals surface area contributed by atoms with Crippen LogP contribution in [0.2, 0.25) is 0 Å². The van der Waals surface area contributed by atoms with Gasteiger partial charge >= 0.3 is 0 Å². The molecule has 0 bridgehead atoms. The fourth-order valence-electron chi connectivity index (χ4n) is 1.92. The molecule has 1 aliphatic carbocycles. The van der Waals surface area contributed by atoms with E-state index >= 15 is 0 Å². The van der Waals surface area contributed by atoms with E-state index in [2.05, 4.69) is 19.7 Å². The summed E-state index contributed by atoms with van der Waals surface area (Å²) in [6.07, 6.45) is 6.46. The fourth-order valence-corrected chi connectivity index (χ4v) is 2.53. The second-order valence-electron chi connectivity index (χ2n) is 5.07. The van der Waals surface area contributed by atoms with E-state index in [4.69, 9.17) is 0 Å². The molecule has 110 valence electrons. The van der Waals surface area contributed by atoms with Crippen LogP contribution in [0.3, 0.4) is 0 Å². The van der Waals surface area contributed by atoms with Crippen molar-refractivity contribution in [3.05, 3.63) is 34.8 Å². The molecule has 2 aromatic rings. The van der Waals surface area contributed by atoms with Crippen LogP contribution in [0, 0.1) is 5.92 Å². The molecule has 0 radical (unpaired) electrons. The highest BCUT2D eigenvalue weighted by atomic mass is 32.1. The molecule has 3 rings (SSSR count). The minimum Gasteiger partial charge on any atom is -0.301 e. The average molecular weight is 305 g/mol. The largest absolute Gasteiger partial charge is 0.301 e. The number of nitrogens with one attached hydrogen (secondary N) is 1. The Morgan fingerprint density at radius 1 is 1.48 bits per heavy atom. The molecule has 2 heterocycles. The second kappa shape index (κ2) is 6.13. The quantitative estimate of drug-likeness (QED) is 0.862. The summed E-state index contributed by atoms with van der Waals surface area (Å²) >= 11 is 1.20. The summed E-state index contributed by atoms with van der Waals surface area (Å²) in [7, 11) is 0. The van der Waals surface area contributed by atoms with Gasteiger partial charge in [0.05, 0.1) is 6.33 Å². The maximum absolute atomic E-state index is 11.8. The van der Waals surface area contributed by atoms with E-state index in [1.807, 2.05) is 0 Å². The highest BCUT2D eigenvalue weighted by Crippen LogP contribution is 2.32. The molecule has 0 aromatic carbocycles. The lowest BCUT2D eigenvalue weighted by molar-refractivity contribution is -0.116. The normalized spacial score (nSPS) is 14.1. The molecule has 7 nitrogen and oxygen atoms in total. The Balaban J connectivity index is 1.50. The summed E-state index contributed by atoms with van der Waals surface area (Å²) in [5, 5.41) is 3.24. The zero-order chi connectivity index (χ0) is 14.7. The summed E-state index contributed by atoms with van der Waals surface area (Å²) in [4.78, 5) is 31.5. The minimum absolute atomic E-state index is 0.166. The van der Waals surface area contributed by atoms with Crippen LogP contribution in [-0.4, -0.2) is 24.8 Å². The highest BCUT2D eigenvalue weighted by Gasteiger charge is 2.23. The van der Waals surface area contributed by atoms with Gasteiger partial charge in [-0.1, -0.05) is 0 Å². The Morgan fingerprint density at radius 2 is 2.33 bits per heavy atom. The zero-order valence-corrected chi connectivity index (χ0v) is 12.2. The van der Waals surface area contributed by atoms with Crippen LogP contribution in [-0.2, 0) is 17.8 Å². The summed E-state index contributed by atoms with van der Waals surface area (Å²) in [6, 6.07) is 1.37. The second-order valence-corrected chi connectivity index (χ2v) is 5.83. The van der Waals surface area contributed by atoms with Gasteiger partial charge in [0.25, 0.3) is 5.56 Å². The number of rotatable bonds is 6. The monoisotopic (exact) mass is 305 g/mol. The Kier molecular flexibility index (Phi) is 4.05. The number of hydrogen-bond acceptors (Lipinski definition) is 6. The number of anilines is 1. The van der Waals surface area contributed by atoms with E-state index in [0.29, 0.717) is 11.7 Å². The molecule has 1 saturated carbocycles. The molecular formula is C13H15N5O2S. The lowest BCUT2D eigenvalue weighted by Gasteiger charge is -2.03. The van der Waals surface area contributed by atoms with Crippen LogP contribution < -0.4 is 10.9 Å². The molecule has 0 saturated heterocycles. The third-order valence-electron chi connectivity index (χ3n) is 3.25. The molecule has 0 atom stereocenters. The molecule has 8 heteroatoms.